The van der Waals surface area contributed by atoms with E-state index in [0.717, 1.165) is 6.54 Å². The zero-order valence-corrected chi connectivity index (χ0v) is 10.8. The topological polar surface area (TPSA) is 44.0 Å². The molecule has 0 radical (unpaired) electrons. The van der Waals surface area contributed by atoms with Crippen molar-refractivity contribution in [2.75, 3.05) is 19.6 Å². The van der Waals surface area contributed by atoms with E-state index in [-0.39, 0.29) is 0 Å². The largest absolute Gasteiger partial charge is 0.310 e. The van der Waals surface area contributed by atoms with Gasteiger partial charge in [0.1, 0.15) is 0 Å². The van der Waals surface area contributed by atoms with Crippen LogP contribution in [-0.2, 0) is 6.54 Å². The Morgan fingerprint density at radius 2 is 2.41 bits per heavy atom. The fraction of sp³-hybridized carbons (Fsp3) is 0.769. The van der Waals surface area contributed by atoms with Gasteiger partial charge in [0.05, 0.1) is 6.20 Å². The minimum Gasteiger partial charge on any atom is -0.310 e. The van der Waals surface area contributed by atoms with Crippen LogP contribution in [0.5, 0.6) is 0 Å². The van der Waals surface area contributed by atoms with Crippen LogP contribution in [-0.4, -0.2) is 40.8 Å². The molecular weight excluding hydrogens is 212 g/mol. The molecule has 1 atom stereocenters. The highest BCUT2D eigenvalue weighted by Gasteiger charge is 2.15. The lowest BCUT2D eigenvalue weighted by molar-refractivity contribution is 0.282. The van der Waals surface area contributed by atoms with Crippen molar-refractivity contribution in [2.24, 2.45) is 0 Å². The van der Waals surface area contributed by atoms with Crippen LogP contribution in [0.15, 0.2) is 12.4 Å². The average Bonchev–Trinajstić information content (AvgIpc) is 2.75. The molecule has 0 aromatic carbocycles. The van der Waals surface area contributed by atoms with E-state index in [1.165, 1.54) is 50.9 Å². The van der Waals surface area contributed by atoms with Gasteiger partial charge in [-0.3, -0.25) is 5.10 Å². The van der Waals surface area contributed by atoms with Gasteiger partial charge in [0, 0.05) is 24.3 Å². The van der Waals surface area contributed by atoms with Gasteiger partial charge in [-0.1, -0.05) is 6.92 Å². The van der Waals surface area contributed by atoms with Crippen molar-refractivity contribution >= 4 is 0 Å². The number of aromatic nitrogens is 2. The quantitative estimate of drug-likeness (QED) is 0.819. The molecule has 17 heavy (non-hydrogen) atoms. The Bertz CT molecular complexity index is 296. The van der Waals surface area contributed by atoms with E-state index in [1.807, 2.05) is 12.4 Å². The molecule has 0 aliphatic carbocycles. The number of aromatic amines is 1. The van der Waals surface area contributed by atoms with E-state index in [4.69, 9.17) is 0 Å². The first-order valence-corrected chi connectivity index (χ1v) is 6.82. The Balaban J connectivity index is 1.71. The summed E-state index contributed by atoms with van der Waals surface area (Å²) in [5.74, 6) is 0. The number of rotatable bonds is 5. The molecule has 0 saturated carbocycles. The van der Waals surface area contributed by atoms with Crippen LogP contribution in [0.3, 0.4) is 0 Å². The molecular formula is C13H24N4. The number of nitrogens with one attached hydrogen (secondary N) is 2. The summed E-state index contributed by atoms with van der Waals surface area (Å²) in [6.45, 7) is 6.98. The van der Waals surface area contributed by atoms with E-state index in [2.05, 4.69) is 27.3 Å². The summed E-state index contributed by atoms with van der Waals surface area (Å²) in [6, 6.07) is 0.673. The maximum Gasteiger partial charge on any atom is 0.0532 e. The van der Waals surface area contributed by atoms with Crippen LogP contribution in [0.1, 0.15) is 38.2 Å². The zero-order chi connectivity index (χ0) is 11.9. The predicted octanol–water partition coefficient (Wildman–Crippen LogP) is 1.76. The highest BCUT2D eigenvalue weighted by molar-refractivity contribution is 5.01. The lowest BCUT2D eigenvalue weighted by Crippen LogP contribution is -2.30. The Labute approximate surface area is 104 Å². The van der Waals surface area contributed by atoms with Crippen molar-refractivity contribution in [1.29, 1.82) is 0 Å². The molecule has 0 spiro atoms. The second-order valence-corrected chi connectivity index (χ2v) is 4.96. The number of likely N-dealkylation sites (tertiary alicyclic amines) is 1. The predicted molar refractivity (Wildman–Crippen MR) is 69.8 cm³/mol. The molecule has 1 aliphatic rings. The standard InChI is InChI=1S/C13H24N4/c1-2-6-17-7-3-4-13(5-8-17)14-9-12-10-15-16-11-12/h10-11,13-14H,2-9H2,1H3,(H,15,16). The third-order valence-electron chi connectivity index (χ3n) is 3.51. The maximum absolute atomic E-state index is 3.97. The highest BCUT2D eigenvalue weighted by atomic mass is 15.1. The molecule has 0 bridgehead atoms. The fourth-order valence-corrected chi connectivity index (χ4v) is 2.54. The van der Waals surface area contributed by atoms with Gasteiger partial charge in [0.25, 0.3) is 0 Å². The molecule has 1 aromatic rings. The Morgan fingerprint density at radius 1 is 1.47 bits per heavy atom. The summed E-state index contributed by atoms with van der Waals surface area (Å²) < 4.78 is 0. The van der Waals surface area contributed by atoms with Gasteiger partial charge in [0.15, 0.2) is 0 Å². The van der Waals surface area contributed by atoms with Crippen molar-refractivity contribution in [1.82, 2.24) is 20.4 Å². The first-order valence-electron chi connectivity index (χ1n) is 6.82. The van der Waals surface area contributed by atoms with E-state index in [0.29, 0.717) is 6.04 Å². The number of H-pyrrole nitrogens is 1. The number of hydrogen-bond donors (Lipinski definition) is 2. The minimum atomic E-state index is 0.673. The minimum absolute atomic E-state index is 0.673. The van der Waals surface area contributed by atoms with Crippen LogP contribution < -0.4 is 5.32 Å². The van der Waals surface area contributed by atoms with Crippen LogP contribution in [0, 0.1) is 0 Å². The Kier molecular flexibility index (Phi) is 5.01. The van der Waals surface area contributed by atoms with Crippen LogP contribution in [0.25, 0.3) is 0 Å². The SMILES string of the molecule is CCCN1CCCC(NCc2cn[nH]c2)CC1. The van der Waals surface area contributed by atoms with E-state index < -0.39 is 0 Å². The molecule has 4 nitrogen and oxygen atoms in total. The maximum atomic E-state index is 3.97. The Hall–Kier alpha value is -0.870. The first-order chi connectivity index (χ1) is 8.38. The van der Waals surface area contributed by atoms with Gasteiger partial charge in [-0.05, 0) is 45.3 Å². The summed E-state index contributed by atoms with van der Waals surface area (Å²) in [7, 11) is 0. The van der Waals surface area contributed by atoms with Crippen molar-refractivity contribution in [2.45, 2.75) is 45.2 Å². The van der Waals surface area contributed by atoms with Gasteiger partial charge in [-0.2, -0.15) is 5.10 Å². The average molecular weight is 236 g/mol. The second kappa shape index (κ2) is 6.77. The van der Waals surface area contributed by atoms with E-state index >= 15 is 0 Å². The second-order valence-electron chi connectivity index (χ2n) is 4.96. The lowest BCUT2D eigenvalue weighted by atomic mass is 10.1. The number of nitrogens with zero attached hydrogens (tertiary/aromatic N) is 2. The zero-order valence-electron chi connectivity index (χ0n) is 10.8. The number of hydrogen-bond acceptors (Lipinski definition) is 3. The summed E-state index contributed by atoms with van der Waals surface area (Å²) in [6.07, 6.45) is 9.03. The third kappa shape index (κ3) is 4.13. The Morgan fingerprint density at radius 3 is 3.18 bits per heavy atom. The van der Waals surface area contributed by atoms with Crippen LogP contribution >= 0.6 is 0 Å². The van der Waals surface area contributed by atoms with Crippen LogP contribution in [0.4, 0.5) is 0 Å². The van der Waals surface area contributed by atoms with Gasteiger partial charge in [0.2, 0.25) is 0 Å². The summed E-state index contributed by atoms with van der Waals surface area (Å²) in [5.41, 5.74) is 1.25. The van der Waals surface area contributed by atoms with Crippen molar-refractivity contribution in [3.63, 3.8) is 0 Å². The normalized spacial score (nSPS) is 22.5. The van der Waals surface area contributed by atoms with Gasteiger partial charge >= 0.3 is 0 Å². The molecule has 1 saturated heterocycles. The fourth-order valence-electron chi connectivity index (χ4n) is 2.54. The van der Waals surface area contributed by atoms with Crippen molar-refractivity contribution in [3.8, 4) is 0 Å². The van der Waals surface area contributed by atoms with Gasteiger partial charge < -0.3 is 10.2 Å². The smallest absolute Gasteiger partial charge is 0.0532 e. The monoisotopic (exact) mass is 236 g/mol. The van der Waals surface area contributed by atoms with Crippen molar-refractivity contribution < 1.29 is 0 Å². The molecule has 2 N–H and O–H groups in total. The summed E-state index contributed by atoms with van der Waals surface area (Å²) in [4.78, 5) is 2.60. The van der Waals surface area contributed by atoms with E-state index in [1.54, 1.807) is 0 Å². The molecule has 1 fully saturated rings. The first kappa shape index (κ1) is 12.6. The lowest BCUT2D eigenvalue weighted by Gasteiger charge is -2.19. The molecule has 0 amide bonds. The molecule has 2 heterocycles. The third-order valence-corrected chi connectivity index (χ3v) is 3.51. The molecule has 1 aromatic heterocycles. The molecule has 2 rings (SSSR count). The summed E-state index contributed by atoms with van der Waals surface area (Å²) in [5, 5.41) is 10.5. The molecule has 4 heteroatoms. The highest BCUT2D eigenvalue weighted by Crippen LogP contribution is 2.12. The van der Waals surface area contributed by atoms with Crippen molar-refractivity contribution in [3.05, 3.63) is 18.0 Å². The van der Waals surface area contributed by atoms with Crippen LogP contribution in [0.2, 0.25) is 0 Å². The van der Waals surface area contributed by atoms with E-state index in [9.17, 15) is 0 Å². The molecule has 96 valence electrons. The molecule has 1 aliphatic heterocycles. The summed E-state index contributed by atoms with van der Waals surface area (Å²) >= 11 is 0. The molecule has 1 unspecified atom stereocenters. The van der Waals surface area contributed by atoms with Gasteiger partial charge in [-0.25, -0.2) is 0 Å². The van der Waals surface area contributed by atoms with Gasteiger partial charge in [-0.15, -0.1) is 0 Å².